The minimum absolute atomic E-state index is 0.0294. The average molecular weight is 478 g/mol. The van der Waals surface area contributed by atoms with Gasteiger partial charge in [-0.3, -0.25) is 9.59 Å². The van der Waals surface area contributed by atoms with Gasteiger partial charge in [-0.05, 0) is 25.5 Å². The molecule has 2 aromatic heterocycles. The van der Waals surface area contributed by atoms with Crippen LogP contribution in [0.15, 0.2) is 24.3 Å². The van der Waals surface area contributed by atoms with Gasteiger partial charge in [0.2, 0.25) is 0 Å². The summed E-state index contributed by atoms with van der Waals surface area (Å²) in [6.07, 6.45) is 0. The Labute approximate surface area is 192 Å². The van der Waals surface area contributed by atoms with Gasteiger partial charge in [-0.15, -0.1) is 11.3 Å². The molecule has 3 N–H and O–H groups in total. The van der Waals surface area contributed by atoms with Gasteiger partial charge in [0.15, 0.2) is 6.61 Å². The summed E-state index contributed by atoms with van der Waals surface area (Å²) in [5.41, 5.74) is 1.14. The van der Waals surface area contributed by atoms with E-state index < -0.39 is 30.4 Å². The van der Waals surface area contributed by atoms with Crippen molar-refractivity contribution in [3.05, 3.63) is 51.0 Å². The summed E-state index contributed by atoms with van der Waals surface area (Å²) in [4.78, 5) is 52.4. The largest absolute Gasteiger partial charge is 0.462 e. The molecule has 0 unspecified atom stereocenters. The number of rotatable bonds is 7. The van der Waals surface area contributed by atoms with Crippen molar-refractivity contribution in [3.8, 4) is 0 Å². The SMILES string of the molecule is CCOC(=O)c1c(NC(=O)COC(=O)c2[nH]c3ccccc3c2Cl)sc(C(=O)NC)c1C. The van der Waals surface area contributed by atoms with Crippen LogP contribution in [-0.2, 0) is 14.3 Å². The Morgan fingerprint density at radius 1 is 1.12 bits per heavy atom. The molecule has 0 fully saturated rings. The molecule has 0 spiro atoms. The van der Waals surface area contributed by atoms with Crippen molar-refractivity contribution in [2.24, 2.45) is 0 Å². The number of fused-ring (bicyclic) bond motifs is 1. The molecule has 3 aromatic rings. The molecule has 0 atom stereocenters. The number of thiophene rings is 1. The summed E-state index contributed by atoms with van der Waals surface area (Å²) >= 11 is 7.15. The van der Waals surface area contributed by atoms with Crippen LogP contribution in [0.3, 0.4) is 0 Å². The lowest BCUT2D eigenvalue weighted by Gasteiger charge is -2.07. The fourth-order valence-corrected chi connectivity index (χ4v) is 4.44. The molecule has 0 aliphatic carbocycles. The third-order valence-electron chi connectivity index (χ3n) is 4.49. The number of ether oxygens (including phenoxy) is 2. The molecule has 9 nitrogen and oxygen atoms in total. The number of carbonyl (C=O) groups excluding carboxylic acids is 4. The van der Waals surface area contributed by atoms with Gasteiger partial charge in [0.1, 0.15) is 10.7 Å². The van der Waals surface area contributed by atoms with Gasteiger partial charge in [-0.2, -0.15) is 0 Å². The Morgan fingerprint density at radius 3 is 2.50 bits per heavy atom. The second-order valence-electron chi connectivity index (χ2n) is 6.54. The minimum atomic E-state index is -0.805. The number of benzene rings is 1. The van der Waals surface area contributed by atoms with Crippen LogP contribution in [0.5, 0.6) is 0 Å². The maximum Gasteiger partial charge on any atom is 0.356 e. The number of halogens is 1. The maximum atomic E-state index is 12.4. The average Bonchev–Trinajstić information content (AvgIpc) is 3.28. The van der Waals surface area contributed by atoms with Crippen molar-refractivity contribution in [1.29, 1.82) is 0 Å². The highest BCUT2D eigenvalue weighted by Gasteiger charge is 2.27. The van der Waals surface area contributed by atoms with Gasteiger partial charge in [0.25, 0.3) is 11.8 Å². The van der Waals surface area contributed by atoms with E-state index in [1.165, 1.54) is 7.05 Å². The van der Waals surface area contributed by atoms with Crippen LogP contribution >= 0.6 is 22.9 Å². The highest BCUT2D eigenvalue weighted by Crippen LogP contribution is 2.34. The van der Waals surface area contributed by atoms with E-state index in [0.717, 1.165) is 11.3 Å². The lowest BCUT2D eigenvalue weighted by molar-refractivity contribution is -0.119. The van der Waals surface area contributed by atoms with Gasteiger partial charge in [-0.1, -0.05) is 29.8 Å². The first-order valence-corrected chi connectivity index (χ1v) is 10.7. The summed E-state index contributed by atoms with van der Waals surface area (Å²) in [5, 5.41) is 5.98. The Hall–Kier alpha value is -3.37. The molecular formula is C21H20ClN3O6S. The fourth-order valence-electron chi connectivity index (χ4n) is 3.00. The van der Waals surface area contributed by atoms with E-state index in [-0.39, 0.29) is 32.8 Å². The molecule has 11 heteroatoms. The van der Waals surface area contributed by atoms with Crippen molar-refractivity contribution in [3.63, 3.8) is 0 Å². The van der Waals surface area contributed by atoms with E-state index in [2.05, 4.69) is 15.6 Å². The number of esters is 2. The second-order valence-corrected chi connectivity index (χ2v) is 7.94. The molecule has 2 heterocycles. The lowest BCUT2D eigenvalue weighted by atomic mass is 10.1. The van der Waals surface area contributed by atoms with Crippen LogP contribution in [0.2, 0.25) is 5.02 Å². The highest BCUT2D eigenvalue weighted by molar-refractivity contribution is 7.18. The number of carbonyl (C=O) groups is 4. The van der Waals surface area contributed by atoms with Crippen LogP contribution < -0.4 is 10.6 Å². The van der Waals surface area contributed by atoms with Gasteiger partial charge in [-0.25, -0.2) is 9.59 Å². The van der Waals surface area contributed by atoms with Crippen LogP contribution in [-0.4, -0.2) is 49.0 Å². The fraction of sp³-hybridized carbons (Fsp3) is 0.238. The van der Waals surface area contributed by atoms with Crippen molar-refractivity contribution in [2.75, 3.05) is 25.6 Å². The maximum absolute atomic E-state index is 12.4. The normalized spacial score (nSPS) is 10.6. The van der Waals surface area contributed by atoms with Crippen molar-refractivity contribution in [1.82, 2.24) is 10.3 Å². The quantitative estimate of drug-likeness (QED) is 0.447. The first kappa shape index (κ1) is 23.3. The van der Waals surface area contributed by atoms with Crippen molar-refractivity contribution in [2.45, 2.75) is 13.8 Å². The summed E-state index contributed by atoms with van der Waals surface area (Å²) in [5.74, 6) is -2.58. The molecule has 3 rings (SSSR count). The molecule has 168 valence electrons. The third kappa shape index (κ3) is 4.61. The molecule has 1 aromatic carbocycles. The number of anilines is 1. The van der Waals surface area contributed by atoms with Crippen LogP contribution in [0.4, 0.5) is 5.00 Å². The number of H-pyrrole nitrogens is 1. The van der Waals surface area contributed by atoms with Gasteiger partial charge in [0.05, 0.1) is 22.1 Å². The first-order valence-electron chi connectivity index (χ1n) is 9.54. The molecule has 0 bridgehead atoms. The lowest BCUT2D eigenvalue weighted by Crippen LogP contribution is -2.22. The predicted molar refractivity (Wildman–Crippen MR) is 121 cm³/mol. The number of hydrogen-bond donors (Lipinski definition) is 3. The Balaban J connectivity index is 1.75. The molecule has 0 radical (unpaired) electrons. The standard InChI is InChI=1S/C21H20ClN3O6S/c1-4-30-20(28)14-10(2)17(18(27)23-3)32-19(14)25-13(26)9-31-21(29)16-15(22)11-7-5-6-8-12(11)24-16/h5-8,24H,4,9H2,1-3H3,(H,23,27)(H,25,26). The number of para-hydroxylation sites is 1. The van der Waals surface area contributed by atoms with E-state index in [4.69, 9.17) is 21.1 Å². The monoisotopic (exact) mass is 477 g/mol. The summed E-state index contributed by atoms with van der Waals surface area (Å²) in [7, 11) is 1.46. The topological polar surface area (TPSA) is 127 Å². The molecule has 0 aliphatic heterocycles. The van der Waals surface area contributed by atoms with Gasteiger partial charge in [0, 0.05) is 18.0 Å². The predicted octanol–water partition coefficient (Wildman–Crippen LogP) is 3.52. The van der Waals surface area contributed by atoms with E-state index in [0.29, 0.717) is 16.5 Å². The van der Waals surface area contributed by atoms with Crippen molar-refractivity contribution >= 4 is 62.6 Å². The third-order valence-corrected chi connectivity index (χ3v) is 6.09. The Bertz CT molecular complexity index is 1220. The summed E-state index contributed by atoms with van der Waals surface area (Å²) in [6, 6.07) is 7.07. The molecule has 0 saturated heterocycles. The Morgan fingerprint density at radius 2 is 1.84 bits per heavy atom. The van der Waals surface area contributed by atoms with Crippen LogP contribution in [0, 0.1) is 6.92 Å². The van der Waals surface area contributed by atoms with E-state index in [1.54, 1.807) is 38.1 Å². The smallest absolute Gasteiger partial charge is 0.356 e. The molecular weight excluding hydrogens is 458 g/mol. The highest BCUT2D eigenvalue weighted by atomic mass is 35.5. The number of hydrogen-bond acceptors (Lipinski definition) is 7. The van der Waals surface area contributed by atoms with E-state index in [1.807, 2.05) is 0 Å². The zero-order valence-corrected chi connectivity index (χ0v) is 19.0. The zero-order valence-electron chi connectivity index (χ0n) is 17.5. The zero-order chi connectivity index (χ0) is 23.4. The molecule has 32 heavy (non-hydrogen) atoms. The van der Waals surface area contributed by atoms with Crippen LogP contribution in [0.1, 0.15) is 43.0 Å². The minimum Gasteiger partial charge on any atom is -0.462 e. The van der Waals surface area contributed by atoms with Gasteiger partial charge >= 0.3 is 11.9 Å². The summed E-state index contributed by atoms with van der Waals surface area (Å²) < 4.78 is 10.1. The second kappa shape index (κ2) is 9.84. The van der Waals surface area contributed by atoms with E-state index in [9.17, 15) is 19.2 Å². The Kier molecular flexibility index (Phi) is 7.16. The number of amides is 2. The molecule has 2 amide bonds. The van der Waals surface area contributed by atoms with E-state index >= 15 is 0 Å². The molecule has 0 aliphatic rings. The first-order chi connectivity index (χ1) is 15.3. The molecule has 0 saturated carbocycles. The van der Waals surface area contributed by atoms with Crippen LogP contribution in [0.25, 0.3) is 10.9 Å². The van der Waals surface area contributed by atoms with Crippen molar-refractivity contribution < 1.29 is 28.7 Å². The number of nitrogens with one attached hydrogen (secondary N) is 3. The number of aromatic amines is 1. The summed E-state index contributed by atoms with van der Waals surface area (Å²) in [6.45, 7) is 2.73. The van der Waals surface area contributed by atoms with Gasteiger partial charge < -0.3 is 25.1 Å². The number of aromatic nitrogens is 1.